The van der Waals surface area contributed by atoms with Crippen molar-refractivity contribution >= 4 is 10.8 Å². The van der Waals surface area contributed by atoms with Gasteiger partial charge < -0.3 is 4.84 Å². The molecule has 4 heteroatoms. The van der Waals surface area contributed by atoms with Crippen molar-refractivity contribution < 1.29 is 9.05 Å². The minimum absolute atomic E-state index is 0.413. The molecule has 1 aliphatic heterocycles. The van der Waals surface area contributed by atoms with Gasteiger partial charge in [-0.2, -0.15) is 5.48 Å². The lowest BCUT2D eigenvalue weighted by atomic mass is 10.2. The quantitative estimate of drug-likeness (QED) is 0.698. The minimum atomic E-state index is -0.571. The highest BCUT2D eigenvalue weighted by Crippen LogP contribution is 2.09. The lowest BCUT2D eigenvalue weighted by Gasteiger charge is -2.22. The molecular weight excluding hydrogens is 186 g/mol. The summed E-state index contributed by atoms with van der Waals surface area (Å²) in [5.74, 6) is 2.20. The molecule has 0 unspecified atom stereocenters. The Morgan fingerprint density at radius 2 is 2.08 bits per heavy atom. The third-order valence-electron chi connectivity index (χ3n) is 2.05. The summed E-state index contributed by atoms with van der Waals surface area (Å²) in [5, 5.41) is 0. The molecule has 0 amide bonds. The number of hydrogen-bond donors (Lipinski definition) is 1. The molecule has 0 saturated carbocycles. The first-order chi connectivity index (χ1) is 6.18. The Morgan fingerprint density at radius 3 is 2.62 bits per heavy atom. The summed E-state index contributed by atoms with van der Waals surface area (Å²) in [4.78, 5) is 5.32. The molecule has 0 aromatic heterocycles. The molecule has 1 saturated heterocycles. The molecule has 0 aliphatic carbocycles. The zero-order chi connectivity index (χ0) is 9.68. The van der Waals surface area contributed by atoms with E-state index >= 15 is 0 Å². The van der Waals surface area contributed by atoms with E-state index in [0.29, 0.717) is 12.0 Å². The van der Waals surface area contributed by atoms with Gasteiger partial charge in [0.2, 0.25) is 0 Å². The molecule has 1 aliphatic rings. The topological polar surface area (TPSA) is 38.3 Å². The molecule has 1 heterocycles. The van der Waals surface area contributed by atoms with Gasteiger partial charge in [0.25, 0.3) is 0 Å². The van der Waals surface area contributed by atoms with E-state index in [0.717, 1.165) is 31.0 Å². The fraction of sp³-hybridized carbons (Fsp3) is 1.00. The smallest absolute Gasteiger partial charge is 0.0705 e. The van der Waals surface area contributed by atoms with E-state index in [-0.39, 0.29) is 0 Å². The molecule has 1 fully saturated rings. The summed E-state index contributed by atoms with van der Waals surface area (Å²) in [6.07, 6.45) is 1.95. The number of nitrogens with one attached hydrogen (secondary N) is 1. The van der Waals surface area contributed by atoms with Crippen LogP contribution < -0.4 is 5.48 Å². The Morgan fingerprint density at radius 1 is 1.46 bits per heavy atom. The lowest BCUT2D eigenvalue weighted by Crippen LogP contribution is -2.36. The molecule has 0 atom stereocenters. The van der Waals surface area contributed by atoms with E-state index in [2.05, 4.69) is 19.3 Å². The lowest BCUT2D eigenvalue weighted by molar-refractivity contribution is -0.000911. The molecule has 1 rings (SSSR count). The van der Waals surface area contributed by atoms with Gasteiger partial charge in [-0.05, 0) is 18.8 Å². The molecule has 78 valence electrons. The fourth-order valence-corrected chi connectivity index (χ4v) is 2.54. The predicted octanol–water partition coefficient (Wildman–Crippen LogP) is 1.07. The van der Waals surface area contributed by atoms with Crippen molar-refractivity contribution in [1.82, 2.24) is 5.48 Å². The van der Waals surface area contributed by atoms with Gasteiger partial charge in [0.15, 0.2) is 0 Å². The number of hydrogen-bond acceptors (Lipinski definition) is 3. The van der Waals surface area contributed by atoms with Gasteiger partial charge in [-0.1, -0.05) is 13.8 Å². The van der Waals surface area contributed by atoms with Gasteiger partial charge in [-0.25, -0.2) is 0 Å². The molecule has 0 bridgehead atoms. The molecule has 13 heavy (non-hydrogen) atoms. The van der Waals surface area contributed by atoms with Crippen molar-refractivity contribution in [2.24, 2.45) is 5.92 Å². The van der Waals surface area contributed by atoms with E-state index in [1.165, 1.54) is 0 Å². The summed E-state index contributed by atoms with van der Waals surface area (Å²) in [6, 6.07) is 0.413. The monoisotopic (exact) mass is 205 g/mol. The number of hydroxylamine groups is 1. The largest absolute Gasteiger partial charge is 0.301 e. The van der Waals surface area contributed by atoms with Crippen LogP contribution in [0.5, 0.6) is 0 Å². The minimum Gasteiger partial charge on any atom is -0.301 e. The van der Waals surface area contributed by atoms with Crippen molar-refractivity contribution in [2.75, 3.05) is 18.1 Å². The Labute approximate surface area is 82.6 Å². The third kappa shape index (κ3) is 4.74. The van der Waals surface area contributed by atoms with Crippen LogP contribution in [0.2, 0.25) is 0 Å². The maximum Gasteiger partial charge on any atom is 0.0705 e. The van der Waals surface area contributed by atoms with Gasteiger partial charge in [0, 0.05) is 28.3 Å². The van der Waals surface area contributed by atoms with Gasteiger partial charge in [0.1, 0.15) is 0 Å². The number of rotatable bonds is 4. The Bertz CT molecular complexity index is 163. The van der Waals surface area contributed by atoms with Crippen LogP contribution in [0.25, 0.3) is 0 Å². The van der Waals surface area contributed by atoms with Gasteiger partial charge >= 0.3 is 0 Å². The van der Waals surface area contributed by atoms with Gasteiger partial charge in [-0.15, -0.1) is 0 Å². The second kappa shape index (κ2) is 5.73. The van der Waals surface area contributed by atoms with Crippen molar-refractivity contribution in [1.29, 1.82) is 0 Å². The average Bonchev–Trinajstić information content (AvgIpc) is 2.08. The normalized spacial score (nSPS) is 29.5. The van der Waals surface area contributed by atoms with Crippen LogP contribution in [0.15, 0.2) is 0 Å². The summed E-state index contributed by atoms with van der Waals surface area (Å²) in [7, 11) is -0.571. The standard InChI is InChI=1S/C9H19NO2S/c1-8(2)7-12-10-9-3-5-13(11)6-4-9/h8-10H,3-7H2,1-2H3. The molecule has 0 spiro atoms. The van der Waals surface area contributed by atoms with Crippen molar-refractivity contribution in [3.63, 3.8) is 0 Å². The zero-order valence-corrected chi connectivity index (χ0v) is 9.23. The van der Waals surface area contributed by atoms with Crippen LogP contribution in [0, 0.1) is 5.92 Å². The highest BCUT2D eigenvalue weighted by molar-refractivity contribution is 7.85. The van der Waals surface area contributed by atoms with Crippen LogP contribution in [0.4, 0.5) is 0 Å². The maximum atomic E-state index is 11.0. The Kier molecular flexibility index (Phi) is 4.91. The van der Waals surface area contributed by atoms with Crippen LogP contribution in [-0.2, 0) is 15.6 Å². The molecular formula is C9H19NO2S. The molecule has 0 aromatic rings. The molecule has 0 aromatic carbocycles. The first-order valence-electron chi connectivity index (χ1n) is 4.90. The van der Waals surface area contributed by atoms with E-state index in [4.69, 9.17) is 4.84 Å². The maximum absolute atomic E-state index is 11.0. The fourth-order valence-electron chi connectivity index (χ4n) is 1.24. The highest BCUT2D eigenvalue weighted by atomic mass is 32.2. The average molecular weight is 205 g/mol. The van der Waals surface area contributed by atoms with Crippen molar-refractivity contribution in [2.45, 2.75) is 32.7 Å². The first-order valence-corrected chi connectivity index (χ1v) is 6.39. The highest BCUT2D eigenvalue weighted by Gasteiger charge is 2.17. The second-order valence-corrected chi connectivity index (χ2v) is 5.64. The predicted molar refractivity (Wildman–Crippen MR) is 54.8 cm³/mol. The van der Waals surface area contributed by atoms with Gasteiger partial charge in [0.05, 0.1) is 6.61 Å². The summed E-state index contributed by atoms with van der Waals surface area (Å²) in [5.41, 5.74) is 3.04. The van der Waals surface area contributed by atoms with E-state index in [9.17, 15) is 4.21 Å². The first kappa shape index (κ1) is 11.1. The van der Waals surface area contributed by atoms with Crippen LogP contribution in [0.3, 0.4) is 0 Å². The SMILES string of the molecule is CC(C)CONC1CCS(=O)CC1. The Hall–Kier alpha value is 0.0700. The van der Waals surface area contributed by atoms with E-state index in [1.807, 2.05) is 0 Å². The summed E-state index contributed by atoms with van der Waals surface area (Å²) < 4.78 is 11.0. The van der Waals surface area contributed by atoms with Crippen molar-refractivity contribution in [3.05, 3.63) is 0 Å². The van der Waals surface area contributed by atoms with Crippen molar-refractivity contribution in [3.8, 4) is 0 Å². The second-order valence-electron chi connectivity index (χ2n) is 3.95. The Balaban J connectivity index is 2.05. The molecule has 3 nitrogen and oxygen atoms in total. The van der Waals surface area contributed by atoms with Crippen LogP contribution in [0.1, 0.15) is 26.7 Å². The van der Waals surface area contributed by atoms with Crippen LogP contribution in [-0.4, -0.2) is 28.4 Å². The van der Waals surface area contributed by atoms with E-state index < -0.39 is 10.8 Å². The summed E-state index contributed by atoms with van der Waals surface area (Å²) in [6.45, 7) is 4.99. The van der Waals surface area contributed by atoms with Crippen LogP contribution >= 0.6 is 0 Å². The van der Waals surface area contributed by atoms with Gasteiger partial charge in [-0.3, -0.25) is 4.21 Å². The zero-order valence-electron chi connectivity index (χ0n) is 8.41. The molecule has 1 N–H and O–H groups in total. The summed E-state index contributed by atoms with van der Waals surface area (Å²) >= 11 is 0. The third-order valence-corrected chi connectivity index (χ3v) is 3.44. The molecule has 0 radical (unpaired) electrons. The van der Waals surface area contributed by atoms with E-state index in [1.54, 1.807) is 0 Å².